The van der Waals surface area contributed by atoms with Crippen LogP contribution in [0.3, 0.4) is 0 Å². The number of aliphatic carboxylic acids is 1. The third kappa shape index (κ3) is 4.77. The van der Waals surface area contributed by atoms with Crippen molar-refractivity contribution >= 4 is 21.7 Å². The predicted molar refractivity (Wildman–Crippen MR) is 114 cm³/mol. The summed E-state index contributed by atoms with van der Waals surface area (Å²) in [5.41, 5.74) is 0.730. The molecule has 1 N–H and O–H groups in total. The Bertz CT molecular complexity index is 1160. The molecule has 2 aromatic rings. The molecular formula is C21H22N4O6S. The monoisotopic (exact) mass is 458 g/mol. The van der Waals surface area contributed by atoms with Gasteiger partial charge in [0.1, 0.15) is 6.04 Å². The Hall–Kier alpha value is -3.33. The van der Waals surface area contributed by atoms with Crippen LogP contribution in [0.15, 0.2) is 53.4 Å². The summed E-state index contributed by atoms with van der Waals surface area (Å²) >= 11 is 0. The van der Waals surface area contributed by atoms with Crippen LogP contribution in [-0.4, -0.2) is 65.3 Å². The van der Waals surface area contributed by atoms with Crippen molar-refractivity contribution in [1.29, 1.82) is 5.26 Å². The van der Waals surface area contributed by atoms with Gasteiger partial charge in [-0.3, -0.25) is 19.8 Å². The minimum Gasteiger partial charge on any atom is -0.480 e. The lowest BCUT2D eigenvalue weighted by Crippen LogP contribution is -2.58. The van der Waals surface area contributed by atoms with E-state index in [1.54, 1.807) is 36.1 Å². The zero-order valence-corrected chi connectivity index (χ0v) is 18.1. The Morgan fingerprint density at radius 2 is 1.91 bits per heavy atom. The van der Waals surface area contributed by atoms with Gasteiger partial charge in [-0.2, -0.15) is 9.57 Å². The first-order chi connectivity index (χ1) is 15.1. The highest BCUT2D eigenvalue weighted by atomic mass is 32.2. The van der Waals surface area contributed by atoms with Crippen LogP contribution in [0.4, 0.5) is 5.69 Å². The minimum atomic E-state index is -4.14. The minimum absolute atomic E-state index is 0.00665. The number of carboxylic acids is 1. The van der Waals surface area contributed by atoms with Gasteiger partial charge < -0.3 is 5.11 Å². The summed E-state index contributed by atoms with van der Waals surface area (Å²) in [6.07, 6.45) is 0.199. The molecule has 0 saturated carbocycles. The van der Waals surface area contributed by atoms with E-state index >= 15 is 0 Å². The van der Waals surface area contributed by atoms with E-state index in [1.807, 2.05) is 6.07 Å². The van der Waals surface area contributed by atoms with Gasteiger partial charge >= 0.3 is 5.97 Å². The maximum atomic E-state index is 13.1. The van der Waals surface area contributed by atoms with Crippen molar-refractivity contribution in [2.24, 2.45) is 0 Å². The van der Waals surface area contributed by atoms with Gasteiger partial charge in [-0.05, 0) is 37.1 Å². The molecule has 1 aliphatic rings. The fourth-order valence-electron chi connectivity index (χ4n) is 3.87. The molecule has 2 atom stereocenters. The molecule has 10 nitrogen and oxygen atoms in total. The molecule has 0 bridgehead atoms. The number of hydrogen-bond donors (Lipinski definition) is 1. The van der Waals surface area contributed by atoms with E-state index in [0.717, 1.165) is 11.6 Å². The molecule has 0 aromatic heterocycles. The van der Waals surface area contributed by atoms with E-state index in [9.17, 15) is 28.4 Å². The van der Waals surface area contributed by atoms with Crippen LogP contribution in [0.1, 0.15) is 18.1 Å². The van der Waals surface area contributed by atoms with Crippen molar-refractivity contribution in [2.45, 2.75) is 30.3 Å². The number of carboxylic acid groups (broad SMARTS) is 1. The van der Waals surface area contributed by atoms with E-state index in [-0.39, 0.29) is 31.0 Å². The predicted octanol–water partition coefficient (Wildman–Crippen LogP) is 1.86. The van der Waals surface area contributed by atoms with E-state index in [4.69, 9.17) is 5.26 Å². The molecule has 168 valence electrons. The summed E-state index contributed by atoms with van der Waals surface area (Å²) in [6, 6.07) is 12.4. The van der Waals surface area contributed by atoms with Gasteiger partial charge in [0, 0.05) is 31.7 Å². The lowest BCUT2D eigenvalue weighted by molar-refractivity contribution is -0.387. The number of nitro benzene ring substituents is 1. The van der Waals surface area contributed by atoms with Gasteiger partial charge in [0.2, 0.25) is 10.0 Å². The van der Waals surface area contributed by atoms with Gasteiger partial charge in [0.05, 0.1) is 16.6 Å². The standard InChI is InChI=1S/C21H22N4O6S/c1-15-14-23(19(21(26)27)12-16-6-8-17(13-22)9-7-16)10-11-24(15)32(30,31)20-5-3-2-4-18(20)25(28)29/h2-9,15,19H,10-12,14H2,1H3,(H,26,27)/t15-,19-/m0/s1. The van der Waals surface area contributed by atoms with Crippen LogP contribution >= 0.6 is 0 Å². The lowest BCUT2D eigenvalue weighted by Gasteiger charge is -2.41. The first-order valence-electron chi connectivity index (χ1n) is 9.86. The molecule has 1 aliphatic heterocycles. The largest absolute Gasteiger partial charge is 0.480 e. The number of rotatable bonds is 7. The Kier molecular flexibility index (Phi) is 6.88. The third-order valence-corrected chi connectivity index (χ3v) is 7.55. The van der Waals surface area contributed by atoms with E-state index in [0.29, 0.717) is 5.56 Å². The first kappa shape index (κ1) is 23.3. The van der Waals surface area contributed by atoms with Crippen molar-refractivity contribution in [3.8, 4) is 6.07 Å². The summed E-state index contributed by atoms with van der Waals surface area (Å²) < 4.78 is 27.5. The first-order valence-corrected chi connectivity index (χ1v) is 11.3. The molecule has 0 amide bonds. The fourth-order valence-corrected chi connectivity index (χ4v) is 5.65. The van der Waals surface area contributed by atoms with Crippen molar-refractivity contribution < 1.29 is 23.2 Å². The van der Waals surface area contributed by atoms with Crippen LogP contribution < -0.4 is 0 Å². The number of nitrogens with zero attached hydrogens (tertiary/aromatic N) is 4. The van der Waals surface area contributed by atoms with Gasteiger partial charge in [0.25, 0.3) is 5.69 Å². The van der Waals surface area contributed by atoms with E-state index in [1.165, 1.54) is 22.5 Å². The molecule has 0 unspecified atom stereocenters. The normalized spacial score (nSPS) is 18.6. The highest BCUT2D eigenvalue weighted by molar-refractivity contribution is 7.89. The molecule has 1 fully saturated rings. The highest BCUT2D eigenvalue weighted by Crippen LogP contribution is 2.29. The molecule has 2 aromatic carbocycles. The zero-order valence-electron chi connectivity index (χ0n) is 17.3. The number of nitro groups is 1. The Balaban J connectivity index is 1.79. The molecule has 11 heteroatoms. The van der Waals surface area contributed by atoms with Crippen LogP contribution in [0.25, 0.3) is 0 Å². The maximum absolute atomic E-state index is 13.1. The van der Waals surface area contributed by atoms with Crippen molar-refractivity contribution in [1.82, 2.24) is 9.21 Å². The van der Waals surface area contributed by atoms with Gasteiger partial charge in [-0.1, -0.05) is 24.3 Å². The van der Waals surface area contributed by atoms with Crippen molar-refractivity contribution in [3.05, 3.63) is 69.8 Å². The molecule has 1 saturated heterocycles. The number of hydrogen-bond acceptors (Lipinski definition) is 7. The molecule has 32 heavy (non-hydrogen) atoms. The Morgan fingerprint density at radius 3 is 2.47 bits per heavy atom. The molecule has 1 heterocycles. The summed E-state index contributed by atoms with van der Waals surface area (Å²) in [5, 5.41) is 30.0. The van der Waals surface area contributed by atoms with Crippen LogP contribution in [-0.2, 0) is 21.2 Å². The molecule has 0 radical (unpaired) electrons. The second-order valence-corrected chi connectivity index (χ2v) is 9.41. The summed E-state index contributed by atoms with van der Waals surface area (Å²) in [7, 11) is -4.14. The highest BCUT2D eigenvalue weighted by Gasteiger charge is 2.39. The SMILES string of the molecule is C[C@H]1CN([C@@H](Cc2ccc(C#N)cc2)C(=O)O)CCN1S(=O)(=O)c1ccccc1[N+](=O)[O-]. The molecule has 3 rings (SSSR count). The average Bonchev–Trinajstić information content (AvgIpc) is 2.77. The third-order valence-electron chi connectivity index (χ3n) is 5.48. The maximum Gasteiger partial charge on any atom is 0.321 e. The number of sulfonamides is 1. The fraction of sp³-hybridized carbons (Fsp3) is 0.333. The summed E-state index contributed by atoms with van der Waals surface area (Å²) in [5.74, 6) is -1.03. The number of nitriles is 1. The van der Waals surface area contributed by atoms with Gasteiger partial charge in [0.15, 0.2) is 4.90 Å². The van der Waals surface area contributed by atoms with Crippen LogP contribution in [0, 0.1) is 21.4 Å². The summed E-state index contributed by atoms with van der Waals surface area (Å²) in [6.45, 7) is 1.98. The van der Waals surface area contributed by atoms with Crippen LogP contribution in [0.2, 0.25) is 0 Å². The zero-order chi connectivity index (χ0) is 23.5. The number of benzene rings is 2. The quantitative estimate of drug-likeness (QED) is 0.489. The van der Waals surface area contributed by atoms with Crippen molar-refractivity contribution in [2.75, 3.05) is 19.6 Å². The van der Waals surface area contributed by atoms with Crippen LogP contribution in [0.5, 0.6) is 0 Å². The molecule has 0 spiro atoms. The van der Waals surface area contributed by atoms with Gasteiger partial charge in [-0.15, -0.1) is 0 Å². The Labute approximate surface area is 185 Å². The van der Waals surface area contributed by atoms with E-state index < -0.39 is 38.7 Å². The second-order valence-electron chi connectivity index (χ2n) is 7.55. The molecule has 0 aliphatic carbocycles. The number of carbonyl (C=O) groups is 1. The second kappa shape index (κ2) is 9.44. The van der Waals surface area contributed by atoms with Crippen molar-refractivity contribution in [3.63, 3.8) is 0 Å². The Morgan fingerprint density at radius 1 is 1.25 bits per heavy atom. The average molecular weight is 458 g/mol. The van der Waals surface area contributed by atoms with Gasteiger partial charge in [-0.25, -0.2) is 8.42 Å². The molecular weight excluding hydrogens is 436 g/mol. The number of para-hydroxylation sites is 1. The number of piperazine rings is 1. The van der Waals surface area contributed by atoms with E-state index in [2.05, 4.69) is 0 Å². The summed E-state index contributed by atoms with van der Waals surface area (Å²) in [4.78, 5) is 23.8. The topological polar surface area (TPSA) is 145 Å². The smallest absolute Gasteiger partial charge is 0.321 e. The lowest BCUT2D eigenvalue weighted by atomic mass is 10.0.